The number of carbonyl (C=O) groups is 2. The van der Waals surface area contributed by atoms with Crippen LogP contribution in [0.5, 0.6) is 0 Å². The van der Waals surface area contributed by atoms with Crippen molar-refractivity contribution in [2.45, 2.75) is 65.8 Å². The quantitative estimate of drug-likeness (QED) is 0.693. The molecule has 2 amide bonds. The molecule has 0 fully saturated rings. The Morgan fingerprint density at radius 2 is 1.62 bits per heavy atom. The lowest BCUT2D eigenvalue weighted by atomic mass is 9.90. The van der Waals surface area contributed by atoms with Crippen LogP contribution in [-0.4, -0.2) is 35.1 Å². The minimum absolute atomic E-state index is 0.264. The standard InChI is InChI=1S/C25H31N3O4/c1-16(2)31-23(29)26-25(21-13-12-18(5)19(6)14-21)15-22(20-10-8-7-9-11-20)27-28(25)24(30)32-17(3)4/h7-14,16-17H,15H2,1-6H3,(H,26,29). The number of hydrazone groups is 1. The van der Waals surface area contributed by atoms with Gasteiger partial charge in [0, 0.05) is 12.0 Å². The predicted octanol–water partition coefficient (Wildman–Crippen LogP) is 5.25. The maximum Gasteiger partial charge on any atom is 0.433 e. The second-order valence-electron chi connectivity index (χ2n) is 8.57. The number of ether oxygens (including phenoxy) is 2. The van der Waals surface area contributed by atoms with Crippen molar-refractivity contribution in [2.24, 2.45) is 5.10 Å². The lowest BCUT2D eigenvalue weighted by Crippen LogP contribution is -2.56. The molecule has 32 heavy (non-hydrogen) atoms. The predicted molar refractivity (Wildman–Crippen MR) is 123 cm³/mol. The Hall–Kier alpha value is -3.35. The van der Waals surface area contributed by atoms with E-state index < -0.39 is 17.8 Å². The second kappa shape index (κ2) is 9.42. The fraction of sp³-hybridized carbons (Fsp3) is 0.400. The summed E-state index contributed by atoms with van der Waals surface area (Å²) >= 11 is 0. The number of amides is 2. The maximum absolute atomic E-state index is 13.2. The van der Waals surface area contributed by atoms with E-state index in [2.05, 4.69) is 10.4 Å². The van der Waals surface area contributed by atoms with Gasteiger partial charge in [-0.3, -0.25) is 5.32 Å². The molecule has 0 saturated heterocycles. The molecule has 2 aromatic rings. The van der Waals surface area contributed by atoms with Crippen molar-refractivity contribution in [3.8, 4) is 0 Å². The van der Waals surface area contributed by atoms with E-state index in [1.165, 1.54) is 5.01 Å². The molecule has 1 N–H and O–H groups in total. The first kappa shape index (κ1) is 23.3. The van der Waals surface area contributed by atoms with Crippen molar-refractivity contribution in [1.29, 1.82) is 0 Å². The van der Waals surface area contributed by atoms with E-state index in [4.69, 9.17) is 9.47 Å². The Morgan fingerprint density at radius 1 is 0.969 bits per heavy atom. The molecule has 2 aromatic carbocycles. The molecule has 7 nitrogen and oxygen atoms in total. The first-order valence-corrected chi connectivity index (χ1v) is 10.8. The van der Waals surface area contributed by atoms with Crippen molar-refractivity contribution < 1.29 is 19.1 Å². The zero-order chi connectivity index (χ0) is 23.5. The molecule has 1 aliphatic heterocycles. The molecule has 0 radical (unpaired) electrons. The normalized spacial score (nSPS) is 18.0. The highest BCUT2D eigenvalue weighted by Crippen LogP contribution is 2.38. The van der Waals surface area contributed by atoms with Gasteiger partial charge in [0.1, 0.15) is 0 Å². The van der Waals surface area contributed by atoms with Gasteiger partial charge in [0.25, 0.3) is 0 Å². The Morgan fingerprint density at radius 3 is 2.22 bits per heavy atom. The largest absolute Gasteiger partial charge is 0.447 e. The number of nitrogens with one attached hydrogen (secondary N) is 1. The number of nitrogens with zero attached hydrogens (tertiary/aromatic N) is 2. The highest BCUT2D eigenvalue weighted by atomic mass is 16.6. The van der Waals surface area contributed by atoms with E-state index in [1.54, 1.807) is 27.7 Å². The van der Waals surface area contributed by atoms with Crippen molar-refractivity contribution in [3.05, 3.63) is 70.8 Å². The van der Waals surface area contributed by atoms with Crippen LogP contribution in [0.2, 0.25) is 0 Å². The minimum Gasteiger partial charge on any atom is -0.447 e. The van der Waals surface area contributed by atoms with Crippen LogP contribution in [0.15, 0.2) is 53.6 Å². The van der Waals surface area contributed by atoms with Crippen molar-refractivity contribution in [1.82, 2.24) is 10.3 Å². The van der Waals surface area contributed by atoms with Crippen LogP contribution in [-0.2, 0) is 15.1 Å². The SMILES string of the molecule is Cc1ccc(C2(NC(=O)OC(C)C)CC(c3ccccc3)=NN2C(=O)OC(C)C)cc1C. The summed E-state index contributed by atoms with van der Waals surface area (Å²) in [6, 6.07) is 15.4. The number of rotatable bonds is 5. The minimum atomic E-state index is -1.29. The molecule has 3 rings (SSSR count). The van der Waals surface area contributed by atoms with E-state index in [0.717, 1.165) is 22.3 Å². The molecule has 0 bridgehead atoms. The summed E-state index contributed by atoms with van der Waals surface area (Å²) < 4.78 is 10.9. The van der Waals surface area contributed by atoms with Gasteiger partial charge in [0.15, 0.2) is 5.66 Å². The van der Waals surface area contributed by atoms with Gasteiger partial charge in [0.2, 0.25) is 0 Å². The molecule has 1 heterocycles. The highest BCUT2D eigenvalue weighted by Gasteiger charge is 2.50. The van der Waals surface area contributed by atoms with Gasteiger partial charge < -0.3 is 9.47 Å². The van der Waals surface area contributed by atoms with Crippen molar-refractivity contribution >= 4 is 17.9 Å². The average Bonchev–Trinajstić information content (AvgIpc) is 3.10. The molecular weight excluding hydrogens is 406 g/mol. The molecule has 1 atom stereocenters. The van der Waals surface area contributed by atoms with Crippen LogP contribution in [0, 0.1) is 13.8 Å². The van der Waals surface area contributed by atoms with Crippen molar-refractivity contribution in [2.75, 3.05) is 0 Å². The number of hydrogen-bond donors (Lipinski definition) is 1. The smallest absolute Gasteiger partial charge is 0.433 e. The zero-order valence-electron chi connectivity index (χ0n) is 19.5. The summed E-state index contributed by atoms with van der Waals surface area (Å²) in [5, 5.41) is 8.81. The monoisotopic (exact) mass is 437 g/mol. The topological polar surface area (TPSA) is 80.2 Å². The first-order valence-electron chi connectivity index (χ1n) is 10.8. The molecular formula is C25H31N3O4. The highest BCUT2D eigenvalue weighted by molar-refractivity contribution is 6.03. The lowest BCUT2D eigenvalue weighted by molar-refractivity contribution is 0.0234. The summed E-state index contributed by atoms with van der Waals surface area (Å²) in [6.07, 6.45) is -1.68. The summed E-state index contributed by atoms with van der Waals surface area (Å²) in [5.74, 6) is 0. The van der Waals surface area contributed by atoms with E-state index in [9.17, 15) is 9.59 Å². The van der Waals surface area contributed by atoms with Crippen LogP contribution in [0.4, 0.5) is 9.59 Å². The van der Waals surface area contributed by atoms with Crippen LogP contribution < -0.4 is 5.32 Å². The molecule has 0 aliphatic carbocycles. The number of alkyl carbamates (subject to hydrolysis) is 1. The number of hydrogen-bond acceptors (Lipinski definition) is 5. The van der Waals surface area contributed by atoms with Crippen LogP contribution in [0.3, 0.4) is 0 Å². The number of carbonyl (C=O) groups excluding carboxylic acids is 2. The summed E-state index contributed by atoms with van der Waals surface area (Å²) in [4.78, 5) is 26.0. The Balaban J connectivity index is 2.15. The van der Waals surface area contributed by atoms with Crippen LogP contribution in [0.25, 0.3) is 0 Å². The second-order valence-corrected chi connectivity index (χ2v) is 8.57. The van der Waals surface area contributed by atoms with Gasteiger partial charge in [-0.1, -0.05) is 48.5 Å². The Labute approximate surface area is 189 Å². The van der Waals surface area contributed by atoms with Crippen LogP contribution in [0.1, 0.15) is 56.4 Å². The summed E-state index contributed by atoms with van der Waals surface area (Å²) in [5.41, 5.74) is 3.09. The zero-order valence-corrected chi connectivity index (χ0v) is 19.5. The molecule has 7 heteroatoms. The molecule has 1 unspecified atom stereocenters. The summed E-state index contributed by atoms with van der Waals surface area (Å²) in [7, 11) is 0. The van der Waals surface area contributed by atoms with Crippen LogP contribution >= 0.6 is 0 Å². The maximum atomic E-state index is 13.2. The third-order valence-electron chi connectivity index (χ3n) is 5.26. The van der Waals surface area contributed by atoms with E-state index in [1.807, 2.05) is 62.4 Å². The van der Waals surface area contributed by atoms with Gasteiger partial charge in [0.05, 0.1) is 17.9 Å². The van der Waals surface area contributed by atoms with Crippen molar-refractivity contribution in [3.63, 3.8) is 0 Å². The van der Waals surface area contributed by atoms with Gasteiger partial charge in [-0.05, 0) is 58.2 Å². The molecule has 1 aliphatic rings. The summed E-state index contributed by atoms with van der Waals surface area (Å²) in [6.45, 7) is 11.1. The molecule has 0 aromatic heterocycles. The third-order valence-corrected chi connectivity index (χ3v) is 5.26. The number of benzene rings is 2. The first-order chi connectivity index (χ1) is 15.1. The fourth-order valence-corrected chi connectivity index (χ4v) is 3.60. The van der Waals surface area contributed by atoms with Gasteiger partial charge in [-0.2, -0.15) is 10.1 Å². The lowest BCUT2D eigenvalue weighted by Gasteiger charge is -2.37. The average molecular weight is 438 g/mol. The molecule has 0 spiro atoms. The Kier molecular flexibility index (Phi) is 6.87. The van der Waals surface area contributed by atoms with Gasteiger partial charge in [-0.15, -0.1) is 0 Å². The van der Waals surface area contributed by atoms with E-state index >= 15 is 0 Å². The fourth-order valence-electron chi connectivity index (χ4n) is 3.60. The third kappa shape index (κ3) is 4.93. The number of aryl methyl sites for hydroxylation is 2. The Bertz CT molecular complexity index is 1020. The van der Waals surface area contributed by atoms with E-state index in [-0.39, 0.29) is 18.6 Å². The molecule has 0 saturated carbocycles. The van der Waals surface area contributed by atoms with Gasteiger partial charge >= 0.3 is 12.2 Å². The van der Waals surface area contributed by atoms with Gasteiger partial charge in [-0.25, -0.2) is 9.59 Å². The molecule has 170 valence electrons. The van der Waals surface area contributed by atoms with E-state index in [0.29, 0.717) is 5.71 Å².